The normalized spacial score (nSPS) is 19.3. The van der Waals surface area contributed by atoms with Gasteiger partial charge in [0.25, 0.3) is 11.8 Å². The lowest BCUT2D eigenvalue weighted by atomic mass is 9.78. The van der Waals surface area contributed by atoms with Gasteiger partial charge in [0.2, 0.25) is 11.8 Å². The van der Waals surface area contributed by atoms with Crippen LogP contribution in [0.3, 0.4) is 0 Å². The SMILES string of the molecule is NC(=O)C1=CN(C(=O)c2ccccc2)C=CC1C1C=CN(C(=O)c2ccccc2)C=C1C(N)=O. The molecular weight excluding hydrogens is 432 g/mol. The summed E-state index contributed by atoms with van der Waals surface area (Å²) < 4.78 is 0. The first-order chi connectivity index (χ1) is 16.4. The summed E-state index contributed by atoms with van der Waals surface area (Å²) in [6.45, 7) is 0. The van der Waals surface area contributed by atoms with Gasteiger partial charge in [-0.15, -0.1) is 0 Å². The predicted molar refractivity (Wildman–Crippen MR) is 125 cm³/mol. The molecule has 8 nitrogen and oxygen atoms in total. The summed E-state index contributed by atoms with van der Waals surface area (Å²) in [7, 11) is 0. The number of rotatable bonds is 5. The maximum atomic E-state index is 12.8. The highest BCUT2D eigenvalue weighted by Gasteiger charge is 2.35. The minimum absolute atomic E-state index is 0.136. The Bertz CT molecular complexity index is 1160. The van der Waals surface area contributed by atoms with Gasteiger partial charge >= 0.3 is 0 Å². The molecule has 2 aliphatic rings. The van der Waals surface area contributed by atoms with Gasteiger partial charge in [0.15, 0.2) is 0 Å². The van der Waals surface area contributed by atoms with Crippen LogP contribution in [-0.2, 0) is 9.59 Å². The van der Waals surface area contributed by atoms with Gasteiger partial charge < -0.3 is 11.5 Å². The first-order valence-corrected chi connectivity index (χ1v) is 10.5. The minimum Gasteiger partial charge on any atom is -0.366 e. The van der Waals surface area contributed by atoms with Gasteiger partial charge in [-0.1, -0.05) is 48.6 Å². The van der Waals surface area contributed by atoms with Crippen LogP contribution in [0.5, 0.6) is 0 Å². The summed E-state index contributed by atoms with van der Waals surface area (Å²) in [5, 5.41) is 0. The second-order valence-corrected chi connectivity index (χ2v) is 7.79. The summed E-state index contributed by atoms with van der Waals surface area (Å²) >= 11 is 0. The second kappa shape index (κ2) is 9.41. The maximum absolute atomic E-state index is 12.8. The van der Waals surface area contributed by atoms with E-state index in [1.165, 1.54) is 34.6 Å². The Labute approximate surface area is 196 Å². The van der Waals surface area contributed by atoms with E-state index in [1.807, 2.05) is 0 Å². The number of hydrogen-bond donors (Lipinski definition) is 2. The molecule has 2 aliphatic heterocycles. The van der Waals surface area contributed by atoms with E-state index in [0.717, 1.165) is 0 Å². The molecule has 0 aromatic heterocycles. The lowest BCUT2D eigenvalue weighted by Crippen LogP contribution is -2.36. The molecule has 2 aromatic carbocycles. The van der Waals surface area contributed by atoms with Crippen molar-refractivity contribution in [1.82, 2.24) is 9.80 Å². The molecule has 4 N–H and O–H groups in total. The van der Waals surface area contributed by atoms with Crippen molar-refractivity contribution >= 4 is 23.6 Å². The molecule has 0 bridgehead atoms. The van der Waals surface area contributed by atoms with Crippen LogP contribution >= 0.6 is 0 Å². The number of nitrogens with zero attached hydrogens (tertiary/aromatic N) is 2. The monoisotopic (exact) mass is 454 g/mol. The van der Waals surface area contributed by atoms with Crippen LogP contribution < -0.4 is 11.5 Å². The largest absolute Gasteiger partial charge is 0.366 e. The molecule has 2 atom stereocenters. The minimum atomic E-state index is -0.736. The van der Waals surface area contributed by atoms with Gasteiger partial charge in [0.1, 0.15) is 0 Å². The fourth-order valence-electron chi connectivity index (χ4n) is 3.93. The molecule has 0 aliphatic carbocycles. The van der Waals surface area contributed by atoms with Crippen LogP contribution in [0.1, 0.15) is 20.7 Å². The van der Waals surface area contributed by atoms with Crippen molar-refractivity contribution in [3.8, 4) is 0 Å². The van der Waals surface area contributed by atoms with Crippen LogP contribution in [0.15, 0.2) is 109 Å². The zero-order chi connectivity index (χ0) is 24.2. The van der Waals surface area contributed by atoms with Crippen molar-refractivity contribution in [3.05, 3.63) is 120 Å². The molecule has 2 aromatic rings. The predicted octanol–water partition coefficient (Wildman–Crippen LogP) is 2.30. The zero-order valence-corrected chi connectivity index (χ0v) is 18.1. The summed E-state index contributed by atoms with van der Waals surface area (Å²) in [4.78, 5) is 52.8. The van der Waals surface area contributed by atoms with Crippen LogP contribution in [0, 0.1) is 11.8 Å². The molecular formula is C26H22N4O4. The van der Waals surface area contributed by atoms with Gasteiger partial charge in [0, 0.05) is 58.9 Å². The van der Waals surface area contributed by atoms with E-state index in [2.05, 4.69) is 0 Å². The molecule has 0 spiro atoms. The number of hydrogen-bond acceptors (Lipinski definition) is 4. The molecule has 4 amide bonds. The highest BCUT2D eigenvalue weighted by atomic mass is 16.2. The fourth-order valence-corrected chi connectivity index (χ4v) is 3.93. The van der Waals surface area contributed by atoms with E-state index < -0.39 is 23.7 Å². The van der Waals surface area contributed by atoms with Gasteiger partial charge in [-0.3, -0.25) is 29.0 Å². The molecule has 0 fully saturated rings. The van der Waals surface area contributed by atoms with Crippen molar-refractivity contribution in [1.29, 1.82) is 0 Å². The lowest BCUT2D eigenvalue weighted by Gasteiger charge is -2.32. The second-order valence-electron chi connectivity index (χ2n) is 7.79. The average molecular weight is 454 g/mol. The number of amides is 4. The van der Waals surface area contributed by atoms with Crippen LogP contribution in [-0.4, -0.2) is 33.4 Å². The van der Waals surface area contributed by atoms with Crippen molar-refractivity contribution < 1.29 is 19.2 Å². The quantitative estimate of drug-likeness (QED) is 0.719. The highest BCUT2D eigenvalue weighted by molar-refractivity contribution is 6.00. The van der Waals surface area contributed by atoms with E-state index in [1.54, 1.807) is 72.8 Å². The maximum Gasteiger partial charge on any atom is 0.261 e. The molecule has 0 saturated carbocycles. The molecule has 170 valence electrons. The lowest BCUT2D eigenvalue weighted by molar-refractivity contribution is -0.116. The Morgan fingerprint density at radius 2 is 0.941 bits per heavy atom. The van der Waals surface area contributed by atoms with Gasteiger partial charge in [-0.25, -0.2) is 0 Å². The Hall–Kier alpha value is -4.72. The van der Waals surface area contributed by atoms with E-state index in [9.17, 15) is 19.2 Å². The first-order valence-electron chi connectivity index (χ1n) is 10.5. The van der Waals surface area contributed by atoms with Crippen molar-refractivity contribution in [2.75, 3.05) is 0 Å². The number of primary amides is 2. The van der Waals surface area contributed by atoms with Crippen molar-refractivity contribution in [3.63, 3.8) is 0 Å². The molecule has 2 heterocycles. The third kappa shape index (κ3) is 4.42. The molecule has 0 radical (unpaired) electrons. The van der Waals surface area contributed by atoms with Gasteiger partial charge in [-0.05, 0) is 24.3 Å². The zero-order valence-electron chi connectivity index (χ0n) is 18.1. The fraction of sp³-hybridized carbons (Fsp3) is 0.0769. The molecule has 2 unspecified atom stereocenters. The first kappa shape index (κ1) is 22.5. The summed E-state index contributed by atoms with van der Waals surface area (Å²) in [5.74, 6) is -3.44. The van der Waals surface area contributed by atoms with Crippen molar-refractivity contribution in [2.45, 2.75) is 0 Å². The van der Waals surface area contributed by atoms with Crippen LogP contribution in [0.4, 0.5) is 0 Å². The topological polar surface area (TPSA) is 127 Å². The van der Waals surface area contributed by atoms with E-state index >= 15 is 0 Å². The van der Waals surface area contributed by atoms with E-state index in [0.29, 0.717) is 11.1 Å². The van der Waals surface area contributed by atoms with Gasteiger partial charge in [-0.2, -0.15) is 0 Å². The Balaban J connectivity index is 1.63. The Morgan fingerprint density at radius 3 is 1.26 bits per heavy atom. The number of nitrogens with two attached hydrogens (primary N) is 2. The summed E-state index contributed by atoms with van der Waals surface area (Å²) in [6, 6.07) is 17.2. The molecule has 0 saturated heterocycles. The van der Waals surface area contributed by atoms with Crippen LogP contribution in [0.25, 0.3) is 0 Å². The van der Waals surface area contributed by atoms with Crippen molar-refractivity contribution in [2.24, 2.45) is 23.3 Å². The number of allylic oxidation sites excluding steroid dienone is 2. The highest BCUT2D eigenvalue weighted by Crippen LogP contribution is 2.35. The smallest absolute Gasteiger partial charge is 0.261 e. The average Bonchev–Trinajstić information content (AvgIpc) is 2.88. The molecule has 34 heavy (non-hydrogen) atoms. The summed E-state index contributed by atoms with van der Waals surface area (Å²) in [6.07, 6.45) is 9.05. The van der Waals surface area contributed by atoms with E-state index in [4.69, 9.17) is 11.5 Å². The van der Waals surface area contributed by atoms with Gasteiger partial charge in [0.05, 0.1) is 0 Å². The molecule has 8 heteroatoms. The summed E-state index contributed by atoms with van der Waals surface area (Å²) in [5.41, 5.74) is 12.4. The Morgan fingerprint density at radius 1 is 0.588 bits per heavy atom. The third-order valence-corrected chi connectivity index (χ3v) is 5.65. The van der Waals surface area contributed by atoms with E-state index in [-0.39, 0.29) is 23.0 Å². The Kier molecular flexibility index (Phi) is 6.22. The third-order valence-electron chi connectivity index (χ3n) is 5.65. The number of benzene rings is 2. The number of carbonyl (C=O) groups is 4. The standard InChI is InChI=1S/C26H22N4O4/c27-23(31)21-15-29(25(33)17-7-3-1-4-8-17)13-11-19(21)20-12-14-30(16-22(20)24(28)32)26(34)18-9-5-2-6-10-18/h1-16,19-20H,(H2,27,31)(H2,28,32). The number of carbonyl (C=O) groups excluding carboxylic acids is 4. The van der Waals surface area contributed by atoms with Crippen LogP contribution in [0.2, 0.25) is 0 Å². The molecule has 4 rings (SSSR count).